The first-order chi connectivity index (χ1) is 18.1. The number of fused-ring (bicyclic) bond motifs is 2. The number of rotatable bonds is 3. The molecule has 2 saturated heterocycles. The number of aromatic nitrogens is 3. The molecule has 4 aromatic rings. The minimum Gasteiger partial charge on any atom is -0.497 e. The van der Waals surface area contributed by atoms with Gasteiger partial charge in [0.25, 0.3) is 0 Å². The highest BCUT2D eigenvalue weighted by Gasteiger charge is 2.50. The van der Waals surface area contributed by atoms with Crippen molar-refractivity contribution in [2.75, 3.05) is 38.2 Å². The minimum atomic E-state index is -0.493. The lowest BCUT2D eigenvalue weighted by Gasteiger charge is -2.47. The van der Waals surface area contributed by atoms with Gasteiger partial charge in [-0.1, -0.05) is 24.3 Å². The molecule has 6 rings (SSSR count). The number of benzene rings is 2. The highest BCUT2D eigenvalue weighted by molar-refractivity contribution is 6.03. The lowest BCUT2D eigenvalue weighted by Crippen LogP contribution is -2.60. The van der Waals surface area contributed by atoms with Crippen LogP contribution >= 0.6 is 0 Å². The number of anilines is 1. The Labute approximate surface area is 222 Å². The van der Waals surface area contributed by atoms with Gasteiger partial charge in [0.1, 0.15) is 22.6 Å². The van der Waals surface area contributed by atoms with Crippen molar-refractivity contribution in [1.29, 1.82) is 0 Å². The molecule has 0 atom stereocenters. The molecular formula is C30H33N5O3. The molecule has 2 aromatic carbocycles. The highest BCUT2D eigenvalue weighted by atomic mass is 16.6. The quantitative estimate of drug-likeness (QED) is 0.354. The number of methoxy groups -OCH3 is 1. The summed E-state index contributed by atoms with van der Waals surface area (Å²) >= 11 is 0. The molecule has 196 valence electrons. The highest BCUT2D eigenvalue weighted by Crippen LogP contribution is 2.42. The summed E-state index contributed by atoms with van der Waals surface area (Å²) < 4.78 is 11.2. The Hall–Kier alpha value is -3.94. The second-order valence-electron chi connectivity index (χ2n) is 11.7. The van der Waals surface area contributed by atoms with Crippen LogP contribution in [-0.2, 0) is 4.74 Å². The number of pyridine rings is 1. The second kappa shape index (κ2) is 8.82. The van der Waals surface area contributed by atoms with Gasteiger partial charge in [0.05, 0.1) is 12.6 Å². The predicted molar refractivity (Wildman–Crippen MR) is 149 cm³/mol. The number of likely N-dealkylation sites (tertiary alicyclic amines) is 1. The number of carbonyl (C=O) groups excluding carboxylic acids is 1. The van der Waals surface area contributed by atoms with E-state index < -0.39 is 5.60 Å². The van der Waals surface area contributed by atoms with Crippen molar-refractivity contribution in [3.8, 4) is 17.0 Å². The zero-order chi connectivity index (χ0) is 26.7. The van der Waals surface area contributed by atoms with Crippen LogP contribution in [0.15, 0.2) is 48.7 Å². The van der Waals surface area contributed by atoms with Crippen molar-refractivity contribution in [2.45, 2.75) is 39.7 Å². The molecule has 1 spiro atoms. The Morgan fingerprint density at radius 1 is 1.05 bits per heavy atom. The number of nitrogens with zero attached hydrogens (tertiary/aromatic N) is 5. The number of amides is 1. The van der Waals surface area contributed by atoms with E-state index in [0.29, 0.717) is 19.0 Å². The third kappa shape index (κ3) is 4.38. The van der Waals surface area contributed by atoms with Crippen LogP contribution in [0.3, 0.4) is 0 Å². The van der Waals surface area contributed by atoms with Gasteiger partial charge in [0.2, 0.25) is 5.95 Å². The Morgan fingerprint density at radius 2 is 1.84 bits per heavy atom. The van der Waals surface area contributed by atoms with Crippen molar-refractivity contribution < 1.29 is 14.3 Å². The molecule has 0 unspecified atom stereocenters. The molecular weight excluding hydrogens is 478 g/mol. The molecule has 8 heteroatoms. The number of carbonyl (C=O) groups is 1. The average Bonchev–Trinajstić information content (AvgIpc) is 3.31. The molecule has 0 saturated carbocycles. The van der Waals surface area contributed by atoms with Gasteiger partial charge >= 0.3 is 6.09 Å². The average molecular weight is 512 g/mol. The molecule has 0 bridgehead atoms. The number of hydrogen-bond acceptors (Lipinski definition) is 7. The van der Waals surface area contributed by atoms with Crippen LogP contribution in [0, 0.1) is 12.3 Å². The van der Waals surface area contributed by atoms with E-state index in [1.54, 1.807) is 12.0 Å². The first kappa shape index (κ1) is 24.4. The summed E-state index contributed by atoms with van der Waals surface area (Å²) in [6, 6.07) is 14.4. The van der Waals surface area contributed by atoms with E-state index in [-0.39, 0.29) is 11.5 Å². The number of ether oxygens (including phenoxy) is 2. The monoisotopic (exact) mass is 511 g/mol. The Kier molecular flexibility index (Phi) is 5.67. The van der Waals surface area contributed by atoms with Crippen molar-refractivity contribution in [1.82, 2.24) is 19.9 Å². The van der Waals surface area contributed by atoms with Crippen LogP contribution in [0.25, 0.3) is 33.1 Å². The van der Waals surface area contributed by atoms with E-state index in [1.165, 1.54) is 0 Å². The van der Waals surface area contributed by atoms with E-state index in [2.05, 4.69) is 23.1 Å². The van der Waals surface area contributed by atoms with Crippen molar-refractivity contribution in [3.05, 3.63) is 54.2 Å². The molecule has 0 N–H and O–H groups in total. The van der Waals surface area contributed by atoms with Crippen LogP contribution < -0.4 is 9.64 Å². The number of aryl methyl sites for hydroxylation is 1. The standard InChI is InChI=1S/C30H33N5O3/c1-19-12-24-26(31-15-19)25(23-14-21(37-5)13-20-8-6-7-9-22(20)23)33-27(32-24)34-11-10-30(16-34)17-35(18-30)28(36)38-29(2,3)4/h6-9,12-15H,10-11,16-18H2,1-5H3. The van der Waals surface area contributed by atoms with Gasteiger partial charge in [-0.25, -0.2) is 14.8 Å². The van der Waals surface area contributed by atoms with Gasteiger partial charge in [-0.3, -0.25) is 4.98 Å². The van der Waals surface area contributed by atoms with Crippen LogP contribution in [0.4, 0.5) is 10.7 Å². The molecule has 0 aliphatic carbocycles. The normalized spacial score (nSPS) is 16.8. The van der Waals surface area contributed by atoms with E-state index >= 15 is 0 Å². The van der Waals surface area contributed by atoms with Crippen LogP contribution in [0.5, 0.6) is 5.75 Å². The van der Waals surface area contributed by atoms with Crippen molar-refractivity contribution >= 4 is 33.8 Å². The molecule has 2 aliphatic heterocycles. The predicted octanol–water partition coefficient (Wildman–Crippen LogP) is 5.61. The van der Waals surface area contributed by atoms with Crippen molar-refractivity contribution in [3.63, 3.8) is 0 Å². The van der Waals surface area contributed by atoms with Gasteiger partial charge in [0.15, 0.2) is 0 Å². The summed E-state index contributed by atoms with van der Waals surface area (Å²) in [4.78, 5) is 31.4. The largest absolute Gasteiger partial charge is 0.497 e. The molecule has 4 heterocycles. The summed E-state index contributed by atoms with van der Waals surface area (Å²) in [5.41, 5.74) is 3.96. The maximum Gasteiger partial charge on any atom is 0.410 e. The van der Waals surface area contributed by atoms with Gasteiger partial charge < -0.3 is 19.3 Å². The maximum absolute atomic E-state index is 12.5. The first-order valence-electron chi connectivity index (χ1n) is 13.1. The van der Waals surface area contributed by atoms with Gasteiger partial charge in [0, 0.05) is 43.4 Å². The van der Waals surface area contributed by atoms with E-state index in [0.717, 1.165) is 63.9 Å². The van der Waals surface area contributed by atoms with Crippen LogP contribution in [0.1, 0.15) is 32.8 Å². The molecule has 1 amide bonds. The lowest BCUT2D eigenvalue weighted by atomic mass is 9.79. The smallest absolute Gasteiger partial charge is 0.410 e. The first-order valence-corrected chi connectivity index (χ1v) is 13.1. The summed E-state index contributed by atoms with van der Waals surface area (Å²) in [7, 11) is 1.68. The second-order valence-corrected chi connectivity index (χ2v) is 11.7. The molecule has 38 heavy (non-hydrogen) atoms. The van der Waals surface area contributed by atoms with Gasteiger partial charge in [-0.05, 0) is 68.7 Å². The minimum absolute atomic E-state index is 0.0445. The Balaban J connectivity index is 1.37. The van der Waals surface area contributed by atoms with E-state index in [4.69, 9.17) is 24.4 Å². The molecule has 2 aliphatic rings. The molecule has 8 nitrogen and oxygen atoms in total. The summed E-state index contributed by atoms with van der Waals surface area (Å²) in [6.07, 6.45) is 2.61. The van der Waals surface area contributed by atoms with Gasteiger partial charge in [-0.15, -0.1) is 0 Å². The molecule has 0 radical (unpaired) electrons. The van der Waals surface area contributed by atoms with E-state index in [1.807, 2.05) is 58.2 Å². The zero-order valence-corrected chi connectivity index (χ0v) is 22.6. The molecule has 2 aromatic heterocycles. The topological polar surface area (TPSA) is 80.7 Å². The third-order valence-electron chi connectivity index (χ3n) is 7.41. The Bertz CT molecular complexity index is 1560. The number of hydrogen-bond donors (Lipinski definition) is 0. The van der Waals surface area contributed by atoms with Crippen molar-refractivity contribution in [2.24, 2.45) is 5.41 Å². The SMILES string of the molecule is COc1cc(-c2nc(N3CCC4(CN(C(=O)OC(C)(C)C)C4)C3)nc3cc(C)cnc23)c2ccccc2c1. The summed E-state index contributed by atoms with van der Waals surface area (Å²) in [5, 5.41) is 2.17. The fourth-order valence-corrected chi connectivity index (χ4v) is 5.62. The fraction of sp³-hybridized carbons (Fsp3) is 0.400. The summed E-state index contributed by atoms with van der Waals surface area (Å²) in [5.74, 6) is 1.47. The summed E-state index contributed by atoms with van der Waals surface area (Å²) in [6.45, 7) is 10.7. The Morgan fingerprint density at radius 3 is 2.61 bits per heavy atom. The van der Waals surface area contributed by atoms with Gasteiger partial charge in [-0.2, -0.15) is 0 Å². The van der Waals surface area contributed by atoms with Crippen LogP contribution in [0.2, 0.25) is 0 Å². The maximum atomic E-state index is 12.5. The van der Waals surface area contributed by atoms with Crippen LogP contribution in [-0.4, -0.2) is 64.8 Å². The fourth-order valence-electron chi connectivity index (χ4n) is 5.62. The lowest BCUT2D eigenvalue weighted by molar-refractivity contribution is -0.0266. The molecule has 2 fully saturated rings. The third-order valence-corrected chi connectivity index (χ3v) is 7.41. The van der Waals surface area contributed by atoms with E-state index in [9.17, 15) is 4.79 Å². The zero-order valence-electron chi connectivity index (χ0n) is 22.6.